The van der Waals surface area contributed by atoms with Crippen LogP contribution in [0, 0.1) is 13.8 Å². The zero-order chi connectivity index (χ0) is 14.9. The van der Waals surface area contributed by atoms with Gasteiger partial charge in [0.05, 0.1) is 16.8 Å². The molecule has 0 saturated heterocycles. The Labute approximate surface area is 123 Å². The first-order chi connectivity index (χ1) is 9.38. The van der Waals surface area contributed by atoms with Gasteiger partial charge < -0.3 is 14.8 Å². The molecule has 1 amide bonds. The van der Waals surface area contributed by atoms with Gasteiger partial charge in [-0.1, -0.05) is 15.9 Å². The topological polar surface area (TPSA) is 79.5 Å². The van der Waals surface area contributed by atoms with Crippen LogP contribution in [-0.2, 0) is 0 Å². The smallest absolute Gasteiger partial charge is 0.337 e. The first-order valence-electron chi connectivity index (χ1n) is 5.79. The van der Waals surface area contributed by atoms with Gasteiger partial charge in [-0.25, -0.2) is 4.79 Å². The largest absolute Gasteiger partial charge is 0.478 e. The number of aromatic carboxylic acids is 1. The molecule has 0 aliphatic rings. The SMILES string of the molecule is Cc1cc(C(=O)Nc2cc(Br)ccc2C(=O)O)c(C)o1. The summed E-state index contributed by atoms with van der Waals surface area (Å²) >= 11 is 3.25. The van der Waals surface area contributed by atoms with Crippen LogP contribution < -0.4 is 5.32 Å². The number of benzene rings is 1. The van der Waals surface area contributed by atoms with Crippen LogP contribution in [0.1, 0.15) is 32.2 Å². The van der Waals surface area contributed by atoms with Crippen molar-refractivity contribution >= 4 is 33.5 Å². The van der Waals surface area contributed by atoms with Crippen molar-refractivity contribution in [3.63, 3.8) is 0 Å². The predicted octanol–water partition coefficient (Wildman–Crippen LogP) is 3.61. The third kappa shape index (κ3) is 2.91. The number of amides is 1. The number of halogens is 1. The third-order valence-corrected chi connectivity index (χ3v) is 3.24. The first-order valence-corrected chi connectivity index (χ1v) is 6.59. The maximum atomic E-state index is 12.2. The van der Waals surface area contributed by atoms with E-state index >= 15 is 0 Å². The van der Waals surface area contributed by atoms with Crippen LogP contribution in [-0.4, -0.2) is 17.0 Å². The van der Waals surface area contributed by atoms with E-state index in [1.807, 2.05) is 0 Å². The molecule has 6 heteroatoms. The van der Waals surface area contributed by atoms with Crippen LogP contribution in [0.25, 0.3) is 0 Å². The molecular formula is C14H12BrNO4. The van der Waals surface area contributed by atoms with Gasteiger partial charge in [0.15, 0.2) is 0 Å². The Kier molecular flexibility index (Phi) is 3.94. The number of hydrogen-bond donors (Lipinski definition) is 2. The van der Waals surface area contributed by atoms with E-state index in [0.29, 0.717) is 21.6 Å². The molecule has 1 aromatic carbocycles. The van der Waals surface area contributed by atoms with Crippen molar-refractivity contribution in [3.05, 3.63) is 51.4 Å². The summed E-state index contributed by atoms with van der Waals surface area (Å²) in [6.45, 7) is 3.42. The fraction of sp³-hybridized carbons (Fsp3) is 0.143. The molecular weight excluding hydrogens is 326 g/mol. The molecule has 1 aromatic heterocycles. The Bertz CT molecular complexity index is 690. The number of hydrogen-bond acceptors (Lipinski definition) is 3. The standard InChI is InChI=1S/C14H12BrNO4/c1-7-5-11(8(2)20-7)13(17)16-12-6-9(15)3-4-10(12)14(18)19/h3-6H,1-2H3,(H,16,17)(H,18,19). The van der Waals surface area contributed by atoms with Gasteiger partial charge in [0.25, 0.3) is 5.91 Å². The molecule has 0 unspecified atom stereocenters. The highest BCUT2D eigenvalue weighted by Gasteiger charge is 2.17. The van der Waals surface area contributed by atoms with Crippen LogP contribution in [0.15, 0.2) is 33.2 Å². The fourth-order valence-electron chi connectivity index (χ4n) is 1.85. The van der Waals surface area contributed by atoms with Crippen molar-refractivity contribution in [3.8, 4) is 0 Å². The highest BCUT2D eigenvalue weighted by atomic mass is 79.9. The maximum absolute atomic E-state index is 12.2. The minimum Gasteiger partial charge on any atom is -0.478 e. The molecule has 104 valence electrons. The van der Waals surface area contributed by atoms with Gasteiger partial charge in [0.1, 0.15) is 11.5 Å². The molecule has 0 atom stereocenters. The van der Waals surface area contributed by atoms with Crippen LogP contribution in [0.3, 0.4) is 0 Å². The van der Waals surface area contributed by atoms with Gasteiger partial charge in [-0.3, -0.25) is 4.79 Å². The first kappa shape index (κ1) is 14.3. The minimum atomic E-state index is -1.10. The normalized spacial score (nSPS) is 10.3. The number of anilines is 1. The monoisotopic (exact) mass is 337 g/mol. The molecule has 0 radical (unpaired) electrons. The molecule has 2 N–H and O–H groups in total. The lowest BCUT2D eigenvalue weighted by Crippen LogP contribution is -2.15. The van der Waals surface area contributed by atoms with Gasteiger partial charge in [-0.05, 0) is 38.1 Å². The third-order valence-electron chi connectivity index (χ3n) is 2.75. The summed E-state index contributed by atoms with van der Waals surface area (Å²) in [4.78, 5) is 23.3. The Balaban J connectivity index is 2.34. The van der Waals surface area contributed by atoms with E-state index in [0.717, 1.165) is 0 Å². The number of furan rings is 1. The summed E-state index contributed by atoms with van der Waals surface area (Å²) in [6, 6.07) is 6.19. The molecule has 1 heterocycles. The average Bonchev–Trinajstić information content (AvgIpc) is 2.68. The zero-order valence-electron chi connectivity index (χ0n) is 10.9. The lowest BCUT2D eigenvalue weighted by Gasteiger charge is -2.08. The molecule has 0 bridgehead atoms. The Morgan fingerprint density at radius 3 is 2.45 bits per heavy atom. The summed E-state index contributed by atoms with van der Waals surface area (Å²) in [5.74, 6) is -0.389. The van der Waals surface area contributed by atoms with E-state index in [1.165, 1.54) is 6.07 Å². The molecule has 5 nitrogen and oxygen atoms in total. The van der Waals surface area contributed by atoms with Crippen LogP contribution in [0.2, 0.25) is 0 Å². The molecule has 2 aromatic rings. The van der Waals surface area contributed by atoms with Crippen LogP contribution in [0.5, 0.6) is 0 Å². The van der Waals surface area contributed by atoms with E-state index in [4.69, 9.17) is 9.52 Å². The van der Waals surface area contributed by atoms with E-state index < -0.39 is 11.9 Å². The number of nitrogens with one attached hydrogen (secondary N) is 1. The number of rotatable bonds is 3. The average molecular weight is 338 g/mol. The Hall–Kier alpha value is -2.08. The van der Waals surface area contributed by atoms with E-state index in [9.17, 15) is 9.59 Å². The van der Waals surface area contributed by atoms with Gasteiger partial charge in [0, 0.05) is 4.47 Å². The van der Waals surface area contributed by atoms with E-state index in [-0.39, 0.29) is 11.3 Å². The van der Waals surface area contributed by atoms with E-state index in [2.05, 4.69) is 21.2 Å². The second-order valence-electron chi connectivity index (χ2n) is 4.28. The highest BCUT2D eigenvalue weighted by molar-refractivity contribution is 9.10. The van der Waals surface area contributed by atoms with Crippen LogP contribution >= 0.6 is 15.9 Å². The summed E-state index contributed by atoms with van der Waals surface area (Å²) in [5, 5.41) is 11.7. The van der Waals surface area contributed by atoms with Gasteiger partial charge in [0.2, 0.25) is 0 Å². The molecule has 20 heavy (non-hydrogen) atoms. The summed E-state index contributed by atoms with van der Waals surface area (Å²) in [7, 11) is 0. The number of carbonyl (C=O) groups excluding carboxylic acids is 1. The van der Waals surface area contributed by atoms with Gasteiger partial charge in [-0.2, -0.15) is 0 Å². The maximum Gasteiger partial charge on any atom is 0.337 e. The summed E-state index contributed by atoms with van der Waals surface area (Å²) < 4.78 is 5.97. The summed E-state index contributed by atoms with van der Waals surface area (Å²) in [5.41, 5.74) is 0.647. The quantitative estimate of drug-likeness (QED) is 0.896. The van der Waals surface area contributed by atoms with Crippen molar-refractivity contribution in [1.29, 1.82) is 0 Å². The van der Waals surface area contributed by atoms with Gasteiger partial charge in [-0.15, -0.1) is 0 Å². The number of aryl methyl sites for hydroxylation is 2. The Morgan fingerprint density at radius 2 is 1.90 bits per heavy atom. The lowest BCUT2D eigenvalue weighted by molar-refractivity contribution is 0.0698. The van der Waals surface area contributed by atoms with Crippen molar-refractivity contribution in [2.24, 2.45) is 0 Å². The predicted molar refractivity (Wildman–Crippen MR) is 77.2 cm³/mol. The molecule has 0 aliphatic carbocycles. The lowest BCUT2D eigenvalue weighted by atomic mass is 10.1. The number of carbonyl (C=O) groups is 2. The van der Waals surface area contributed by atoms with Crippen molar-refractivity contribution in [2.75, 3.05) is 5.32 Å². The van der Waals surface area contributed by atoms with Crippen molar-refractivity contribution in [1.82, 2.24) is 0 Å². The van der Waals surface area contributed by atoms with Gasteiger partial charge >= 0.3 is 5.97 Å². The Morgan fingerprint density at radius 1 is 1.20 bits per heavy atom. The zero-order valence-corrected chi connectivity index (χ0v) is 12.4. The summed E-state index contributed by atoms with van der Waals surface area (Å²) in [6.07, 6.45) is 0. The molecule has 0 aliphatic heterocycles. The highest BCUT2D eigenvalue weighted by Crippen LogP contribution is 2.23. The molecule has 0 saturated carbocycles. The molecule has 0 fully saturated rings. The molecule has 0 spiro atoms. The van der Waals surface area contributed by atoms with E-state index in [1.54, 1.807) is 32.0 Å². The van der Waals surface area contributed by atoms with Crippen molar-refractivity contribution < 1.29 is 19.1 Å². The minimum absolute atomic E-state index is 0.0272. The fourth-order valence-corrected chi connectivity index (χ4v) is 2.21. The second-order valence-corrected chi connectivity index (χ2v) is 5.19. The number of carboxylic acid groups (broad SMARTS) is 1. The molecule has 2 rings (SSSR count). The van der Waals surface area contributed by atoms with Crippen molar-refractivity contribution in [2.45, 2.75) is 13.8 Å². The second kappa shape index (κ2) is 5.50. The number of carboxylic acids is 1. The van der Waals surface area contributed by atoms with Crippen LogP contribution in [0.4, 0.5) is 5.69 Å².